The first-order valence-electron chi connectivity index (χ1n) is 5.38. The average molecular weight is 287 g/mol. The van der Waals surface area contributed by atoms with Gasteiger partial charge < -0.3 is 0 Å². The minimum Gasteiger partial charge on any atom is -0.299 e. The van der Waals surface area contributed by atoms with Gasteiger partial charge in [0, 0.05) is 16.8 Å². The number of ketones is 1. The second kappa shape index (κ2) is 5.58. The molecule has 0 N–H and O–H groups in total. The minimum atomic E-state index is -0.292. The van der Waals surface area contributed by atoms with Gasteiger partial charge in [0.15, 0.2) is 0 Å². The zero-order valence-corrected chi connectivity index (χ0v) is 11.3. The van der Waals surface area contributed by atoms with Crippen molar-refractivity contribution in [2.75, 3.05) is 0 Å². The topological polar surface area (TPSA) is 17.1 Å². The first-order valence-corrected chi connectivity index (χ1v) is 6.17. The fraction of sp³-hybridized carbons (Fsp3) is 0.462. The van der Waals surface area contributed by atoms with E-state index in [9.17, 15) is 9.18 Å². The van der Waals surface area contributed by atoms with Gasteiger partial charge >= 0.3 is 0 Å². The van der Waals surface area contributed by atoms with Gasteiger partial charge in [-0.2, -0.15) is 0 Å². The smallest absolute Gasteiger partial charge is 0.140 e. The number of carbonyl (C=O) groups excluding carboxylic acids is 1. The molecular formula is C13H16BrFO. The maximum Gasteiger partial charge on any atom is 0.140 e. The van der Waals surface area contributed by atoms with E-state index in [1.165, 1.54) is 12.1 Å². The number of hydrogen-bond donors (Lipinski definition) is 0. The van der Waals surface area contributed by atoms with Crippen LogP contribution >= 0.6 is 15.9 Å². The van der Waals surface area contributed by atoms with E-state index < -0.39 is 0 Å². The first kappa shape index (κ1) is 13.4. The minimum absolute atomic E-state index is 0.0388. The van der Waals surface area contributed by atoms with Crippen molar-refractivity contribution in [1.29, 1.82) is 0 Å². The molecule has 0 bridgehead atoms. The summed E-state index contributed by atoms with van der Waals surface area (Å²) in [5.41, 5.74) is 0.846. The number of Topliss-reactive ketones (excluding diaryl/α,β-unsaturated/α-hetero) is 1. The molecular weight excluding hydrogens is 271 g/mol. The zero-order valence-electron chi connectivity index (χ0n) is 9.76. The average Bonchev–Trinajstić information content (AvgIpc) is 2.20. The third kappa shape index (κ3) is 3.41. The van der Waals surface area contributed by atoms with Gasteiger partial charge in [0.25, 0.3) is 0 Å². The molecule has 3 heteroatoms. The molecule has 0 radical (unpaired) electrons. The van der Waals surface area contributed by atoms with Crippen molar-refractivity contribution in [2.24, 2.45) is 11.8 Å². The van der Waals surface area contributed by atoms with E-state index in [0.717, 1.165) is 5.56 Å². The van der Waals surface area contributed by atoms with Crippen LogP contribution in [0, 0.1) is 17.7 Å². The molecule has 0 spiro atoms. The maximum atomic E-state index is 12.9. The summed E-state index contributed by atoms with van der Waals surface area (Å²) in [4.78, 5) is 11.9. The van der Waals surface area contributed by atoms with E-state index in [2.05, 4.69) is 15.9 Å². The van der Waals surface area contributed by atoms with E-state index in [-0.39, 0.29) is 17.5 Å². The molecule has 0 amide bonds. The molecule has 1 atom stereocenters. The van der Waals surface area contributed by atoms with Crippen molar-refractivity contribution in [3.63, 3.8) is 0 Å². The molecule has 1 rings (SSSR count). The van der Waals surface area contributed by atoms with E-state index >= 15 is 0 Å². The lowest BCUT2D eigenvalue weighted by atomic mass is 9.90. The van der Waals surface area contributed by atoms with Crippen molar-refractivity contribution in [2.45, 2.75) is 27.2 Å². The van der Waals surface area contributed by atoms with Crippen LogP contribution in [0.25, 0.3) is 0 Å². The molecule has 1 unspecified atom stereocenters. The fourth-order valence-corrected chi connectivity index (χ4v) is 1.88. The molecule has 0 aliphatic rings. The third-order valence-corrected chi connectivity index (χ3v) is 3.63. The van der Waals surface area contributed by atoms with Crippen LogP contribution in [0.1, 0.15) is 26.3 Å². The van der Waals surface area contributed by atoms with Gasteiger partial charge in [-0.05, 0) is 23.6 Å². The van der Waals surface area contributed by atoms with Crippen molar-refractivity contribution in [3.8, 4) is 0 Å². The van der Waals surface area contributed by atoms with Gasteiger partial charge in [-0.3, -0.25) is 4.79 Å². The van der Waals surface area contributed by atoms with E-state index in [1.807, 2.05) is 20.8 Å². The number of rotatable bonds is 4. The van der Waals surface area contributed by atoms with Crippen molar-refractivity contribution in [1.82, 2.24) is 0 Å². The molecule has 0 aliphatic carbocycles. The highest BCUT2D eigenvalue weighted by Crippen LogP contribution is 2.21. The molecule has 88 valence electrons. The Bertz CT molecular complexity index is 388. The summed E-state index contributed by atoms with van der Waals surface area (Å²) in [6.07, 6.45) is 0.361. The molecule has 16 heavy (non-hydrogen) atoms. The predicted molar refractivity (Wildman–Crippen MR) is 66.8 cm³/mol. The molecule has 0 aliphatic heterocycles. The highest BCUT2D eigenvalue weighted by atomic mass is 79.9. The van der Waals surface area contributed by atoms with E-state index in [1.54, 1.807) is 6.07 Å². The van der Waals surface area contributed by atoms with Crippen LogP contribution in [0.2, 0.25) is 0 Å². The van der Waals surface area contributed by atoms with Crippen LogP contribution in [0.4, 0.5) is 4.39 Å². The number of hydrogen-bond acceptors (Lipinski definition) is 1. The second-order valence-corrected chi connectivity index (χ2v) is 5.27. The predicted octanol–water partition coefficient (Wildman–Crippen LogP) is 3.99. The van der Waals surface area contributed by atoms with Crippen molar-refractivity contribution < 1.29 is 9.18 Å². The molecule has 0 heterocycles. The van der Waals surface area contributed by atoms with Crippen LogP contribution in [0.3, 0.4) is 0 Å². The summed E-state index contributed by atoms with van der Waals surface area (Å²) in [5.74, 6) is 0.283. The van der Waals surface area contributed by atoms with E-state index in [4.69, 9.17) is 0 Å². The van der Waals surface area contributed by atoms with Gasteiger partial charge in [-0.1, -0.05) is 42.8 Å². The summed E-state index contributed by atoms with van der Waals surface area (Å²) in [6.45, 7) is 6.00. The Morgan fingerprint density at radius 1 is 1.38 bits per heavy atom. The van der Waals surface area contributed by atoms with Crippen molar-refractivity contribution >= 4 is 21.7 Å². The van der Waals surface area contributed by atoms with Crippen LogP contribution < -0.4 is 0 Å². The van der Waals surface area contributed by atoms with E-state index in [0.29, 0.717) is 16.8 Å². The maximum absolute atomic E-state index is 12.9. The monoisotopic (exact) mass is 286 g/mol. The van der Waals surface area contributed by atoms with Crippen LogP contribution in [-0.4, -0.2) is 5.78 Å². The Hall–Kier alpha value is -0.700. The van der Waals surface area contributed by atoms with Crippen LogP contribution in [0.15, 0.2) is 22.7 Å². The Labute approximate surface area is 104 Å². The molecule has 0 aromatic heterocycles. The quantitative estimate of drug-likeness (QED) is 0.818. The SMILES string of the molecule is CC(C)C(C)C(=O)Cc1ccc(F)cc1Br. The second-order valence-electron chi connectivity index (χ2n) is 4.41. The lowest BCUT2D eigenvalue weighted by Gasteiger charge is -2.14. The van der Waals surface area contributed by atoms with Gasteiger partial charge in [0.05, 0.1) is 0 Å². The van der Waals surface area contributed by atoms with Gasteiger partial charge in [-0.25, -0.2) is 4.39 Å². The third-order valence-electron chi connectivity index (χ3n) is 2.89. The van der Waals surface area contributed by atoms with Gasteiger partial charge in [0.2, 0.25) is 0 Å². The standard InChI is InChI=1S/C13H16BrFO/c1-8(2)9(3)13(16)6-10-4-5-11(15)7-12(10)14/h4-5,7-9H,6H2,1-3H3. The Morgan fingerprint density at radius 2 is 2.00 bits per heavy atom. The summed E-state index contributed by atoms with van der Waals surface area (Å²) in [5, 5.41) is 0. The molecule has 0 saturated heterocycles. The first-order chi connectivity index (χ1) is 7.41. The normalized spacial score (nSPS) is 12.9. The lowest BCUT2D eigenvalue weighted by molar-refractivity contribution is -0.122. The van der Waals surface area contributed by atoms with Crippen molar-refractivity contribution in [3.05, 3.63) is 34.1 Å². The lowest BCUT2D eigenvalue weighted by Crippen LogP contribution is -2.19. The van der Waals surface area contributed by atoms with Gasteiger partial charge in [-0.15, -0.1) is 0 Å². The van der Waals surface area contributed by atoms with Crippen LogP contribution in [0.5, 0.6) is 0 Å². The zero-order chi connectivity index (χ0) is 12.3. The van der Waals surface area contributed by atoms with Gasteiger partial charge in [0.1, 0.15) is 11.6 Å². The number of halogens is 2. The molecule has 1 aromatic rings. The van der Waals surface area contributed by atoms with Crippen LogP contribution in [-0.2, 0) is 11.2 Å². The highest BCUT2D eigenvalue weighted by Gasteiger charge is 2.17. The Balaban J connectivity index is 2.77. The molecule has 0 saturated carbocycles. The Kier molecular flexibility index (Phi) is 4.66. The summed E-state index contributed by atoms with van der Waals surface area (Å²) in [6, 6.07) is 4.43. The summed E-state index contributed by atoms with van der Waals surface area (Å²) in [7, 11) is 0. The summed E-state index contributed by atoms with van der Waals surface area (Å²) >= 11 is 3.27. The highest BCUT2D eigenvalue weighted by molar-refractivity contribution is 9.10. The molecule has 0 fully saturated rings. The summed E-state index contributed by atoms with van der Waals surface area (Å²) < 4.78 is 13.5. The number of carbonyl (C=O) groups is 1. The molecule has 1 aromatic carbocycles. The molecule has 1 nitrogen and oxygen atoms in total. The largest absolute Gasteiger partial charge is 0.299 e. The Morgan fingerprint density at radius 3 is 2.50 bits per heavy atom. The number of benzene rings is 1. The fourth-order valence-electron chi connectivity index (χ4n) is 1.39.